The van der Waals surface area contributed by atoms with E-state index in [1.165, 1.54) is 37.8 Å². The van der Waals surface area contributed by atoms with Crippen LogP contribution in [0.4, 0.5) is 8.78 Å². The molecule has 5 heteroatoms. The van der Waals surface area contributed by atoms with E-state index in [0.717, 1.165) is 24.3 Å². The Labute approximate surface area is 154 Å². The van der Waals surface area contributed by atoms with Crippen LogP contribution in [0.2, 0.25) is 0 Å². The molecular formula is C21H28F2O3. The van der Waals surface area contributed by atoms with Crippen molar-refractivity contribution in [1.82, 2.24) is 0 Å². The van der Waals surface area contributed by atoms with Gasteiger partial charge in [-0.25, -0.2) is 0 Å². The van der Waals surface area contributed by atoms with Crippen molar-refractivity contribution in [2.24, 2.45) is 11.8 Å². The van der Waals surface area contributed by atoms with Gasteiger partial charge in [0.2, 0.25) is 11.6 Å². The van der Waals surface area contributed by atoms with Gasteiger partial charge in [0.15, 0.2) is 11.5 Å². The van der Waals surface area contributed by atoms with Crippen molar-refractivity contribution in [2.45, 2.75) is 58.5 Å². The smallest absolute Gasteiger partial charge is 0.204 e. The van der Waals surface area contributed by atoms with Crippen LogP contribution in [0.5, 0.6) is 11.5 Å². The lowest BCUT2D eigenvalue weighted by molar-refractivity contribution is 0.0396. The van der Waals surface area contributed by atoms with E-state index in [2.05, 4.69) is 6.92 Å². The number of ether oxygens (including phenoxy) is 3. The Morgan fingerprint density at radius 2 is 1.65 bits per heavy atom. The fraction of sp³-hybridized carbons (Fsp3) is 0.619. The van der Waals surface area contributed by atoms with Crippen molar-refractivity contribution >= 4 is 0 Å². The Hall–Kier alpha value is -1.78. The molecule has 1 unspecified atom stereocenters. The molecular weight excluding hydrogens is 338 g/mol. The summed E-state index contributed by atoms with van der Waals surface area (Å²) in [7, 11) is 0. The van der Waals surface area contributed by atoms with Crippen LogP contribution >= 0.6 is 0 Å². The Morgan fingerprint density at radius 3 is 2.23 bits per heavy atom. The first-order valence-corrected chi connectivity index (χ1v) is 9.65. The summed E-state index contributed by atoms with van der Waals surface area (Å²) >= 11 is 0. The molecule has 1 aromatic carbocycles. The Bertz CT molecular complexity index is 636. The van der Waals surface area contributed by atoms with Crippen molar-refractivity contribution in [3.05, 3.63) is 35.6 Å². The van der Waals surface area contributed by atoms with Gasteiger partial charge in [-0.3, -0.25) is 0 Å². The van der Waals surface area contributed by atoms with Gasteiger partial charge < -0.3 is 14.2 Å². The molecule has 0 saturated heterocycles. The second kappa shape index (κ2) is 8.74. The summed E-state index contributed by atoms with van der Waals surface area (Å²) in [6.45, 7) is 4.52. The Kier molecular flexibility index (Phi) is 6.38. The molecule has 1 atom stereocenters. The molecule has 1 aromatic rings. The molecule has 1 aliphatic carbocycles. The second-order valence-electron chi connectivity index (χ2n) is 7.42. The minimum atomic E-state index is -1.01. The van der Waals surface area contributed by atoms with Crippen LogP contribution in [0.15, 0.2) is 24.0 Å². The van der Waals surface area contributed by atoms with Gasteiger partial charge >= 0.3 is 0 Å². The van der Waals surface area contributed by atoms with Gasteiger partial charge in [-0.2, -0.15) is 8.78 Å². The summed E-state index contributed by atoms with van der Waals surface area (Å²) < 4.78 is 44.4. The quantitative estimate of drug-likeness (QED) is 0.653. The second-order valence-corrected chi connectivity index (χ2v) is 7.42. The van der Waals surface area contributed by atoms with Crippen molar-refractivity contribution in [1.29, 1.82) is 0 Å². The maximum absolute atomic E-state index is 14.0. The number of hydrogen-bond acceptors (Lipinski definition) is 3. The van der Waals surface area contributed by atoms with Crippen molar-refractivity contribution < 1.29 is 23.0 Å². The van der Waals surface area contributed by atoms with Crippen molar-refractivity contribution in [3.8, 4) is 11.5 Å². The van der Waals surface area contributed by atoms with Gasteiger partial charge in [-0.1, -0.05) is 19.8 Å². The summed E-state index contributed by atoms with van der Waals surface area (Å²) in [6.07, 6.45) is 8.93. The standard InChI is InChI=1S/C21H28F2O3/c1-3-24-18-10-11-19(21(23)20(18)22)26-13-15-6-9-17(25-12-15)16-7-4-14(2)5-8-16/h10-12,14,16-17H,3-9,13H2,1-2H3. The molecule has 3 nitrogen and oxygen atoms in total. The number of rotatable bonds is 6. The molecule has 0 N–H and O–H groups in total. The highest BCUT2D eigenvalue weighted by molar-refractivity contribution is 5.35. The summed E-state index contributed by atoms with van der Waals surface area (Å²) in [4.78, 5) is 0. The van der Waals surface area contributed by atoms with Crippen molar-refractivity contribution in [3.63, 3.8) is 0 Å². The predicted octanol–water partition coefficient (Wildman–Crippen LogP) is 5.63. The van der Waals surface area contributed by atoms with Crippen LogP contribution < -0.4 is 9.47 Å². The van der Waals surface area contributed by atoms with E-state index in [1.54, 1.807) is 13.2 Å². The third-order valence-electron chi connectivity index (χ3n) is 5.47. The summed E-state index contributed by atoms with van der Waals surface area (Å²) in [5.74, 6) is -0.744. The lowest BCUT2D eigenvalue weighted by Gasteiger charge is -2.34. The zero-order valence-corrected chi connectivity index (χ0v) is 15.6. The molecule has 26 heavy (non-hydrogen) atoms. The highest BCUT2D eigenvalue weighted by atomic mass is 19.2. The molecule has 0 radical (unpaired) electrons. The highest BCUT2D eigenvalue weighted by Crippen LogP contribution is 2.35. The van der Waals surface area contributed by atoms with E-state index < -0.39 is 11.6 Å². The number of benzene rings is 1. The van der Waals surface area contributed by atoms with Gasteiger partial charge in [0.25, 0.3) is 0 Å². The zero-order chi connectivity index (χ0) is 18.5. The summed E-state index contributed by atoms with van der Waals surface area (Å²) in [5, 5.41) is 0. The average molecular weight is 366 g/mol. The van der Waals surface area contributed by atoms with Crippen LogP contribution in [0.3, 0.4) is 0 Å². The molecule has 0 aromatic heterocycles. The normalized spacial score (nSPS) is 26.0. The third kappa shape index (κ3) is 4.49. The van der Waals surface area contributed by atoms with E-state index in [0.29, 0.717) is 5.92 Å². The molecule has 1 heterocycles. The van der Waals surface area contributed by atoms with Gasteiger partial charge in [0.1, 0.15) is 12.7 Å². The molecule has 144 valence electrons. The average Bonchev–Trinajstić information content (AvgIpc) is 2.66. The predicted molar refractivity (Wildman–Crippen MR) is 96.3 cm³/mol. The minimum absolute atomic E-state index is 0.0952. The van der Waals surface area contributed by atoms with Crippen molar-refractivity contribution in [2.75, 3.05) is 13.2 Å². The third-order valence-corrected chi connectivity index (χ3v) is 5.47. The molecule has 0 amide bonds. The van der Waals surface area contributed by atoms with E-state index in [9.17, 15) is 8.78 Å². The monoisotopic (exact) mass is 366 g/mol. The molecule has 3 rings (SSSR count). The molecule has 0 spiro atoms. The van der Waals surface area contributed by atoms with E-state index in [1.807, 2.05) is 0 Å². The van der Waals surface area contributed by atoms with Crippen LogP contribution in [-0.4, -0.2) is 19.3 Å². The first-order chi connectivity index (χ1) is 12.6. The molecule has 1 fully saturated rings. The largest absolute Gasteiger partial charge is 0.498 e. The fourth-order valence-electron chi connectivity index (χ4n) is 3.81. The summed E-state index contributed by atoms with van der Waals surface area (Å²) in [6, 6.07) is 2.79. The number of halogens is 2. The molecule has 1 saturated carbocycles. The van der Waals surface area contributed by atoms with Gasteiger partial charge in [0.05, 0.1) is 12.9 Å². The van der Waals surface area contributed by atoms with Crippen LogP contribution in [0, 0.1) is 23.5 Å². The number of hydrogen-bond donors (Lipinski definition) is 0. The minimum Gasteiger partial charge on any atom is -0.498 e. The van der Waals surface area contributed by atoms with E-state index >= 15 is 0 Å². The maximum atomic E-state index is 14.0. The van der Waals surface area contributed by atoms with Gasteiger partial charge in [0, 0.05) is 5.57 Å². The van der Waals surface area contributed by atoms with Crippen LogP contribution in [-0.2, 0) is 4.74 Å². The van der Waals surface area contributed by atoms with Gasteiger partial charge in [-0.05, 0) is 56.6 Å². The van der Waals surface area contributed by atoms with E-state index in [4.69, 9.17) is 14.2 Å². The summed E-state index contributed by atoms with van der Waals surface area (Å²) in [5.41, 5.74) is 0.971. The highest BCUT2D eigenvalue weighted by Gasteiger charge is 2.29. The van der Waals surface area contributed by atoms with Crippen LogP contribution in [0.25, 0.3) is 0 Å². The van der Waals surface area contributed by atoms with E-state index in [-0.39, 0.29) is 30.8 Å². The Morgan fingerprint density at radius 1 is 1.00 bits per heavy atom. The lowest BCUT2D eigenvalue weighted by Crippen LogP contribution is -2.29. The lowest BCUT2D eigenvalue weighted by atomic mass is 9.78. The first-order valence-electron chi connectivity index (χ1n) is 9.65. The Balaban J connectivity index is 1.52. The molecule has 0 bridgehead atoms. The fourth-order valence-corrected chi connectivity index (χ4v) is 3.81. The van der Waals surface area contributed by atoms with Gasteiger partial charge in [-0.15, -0.1) is 0 Å². The molecule has 1 aliphatic heterocycles. The topological polar surface area (TPSA) is 27.7 Å². The SMILES string of the molecule is CCOc1ccc(OCC2=COC(C3CCC(C)CC3)CC2)c(F)c1F. The van der Waals surface area contributed by atoms with Crippen LogP contribution in [0.1, 0.15) is 52.4 Å². The zero-order valence-electron chi connectivity index (χ0n) is 15.6. The first kappa shape index (κ1) is 19.0. The molecule has 2 aliphatic rings. The maximum Gasteiger partial charge on any atom is 0.204 e.